The average Bonchev–Trinajstić information content (AvgIpc) is 2.21. The van der Waals surface area contributed by atoms with Crippen LogP contribution in [0.15, 0.2) is 6.20 Å². The summed E-state index contributed by atoms with van der Waals surface area (Å²) in [5.74, 6) is -1.41. The highest BCUT2D eigenvalue weighted by molar-refractivity contribution is 14.1. The fourth-order valence-corrected chi connectivity index (χ4v) is 1.62. The highest BCUT2D eigenvalue weighted by Crippen LogP contribution is 2.31. The van der Waals surface area contributed by atoms with Crippen molar-refractivity contribution in [2.75, 3.05) is 6.61 Å². The van der Waals surface area contributed by atoms with E-state index in [4.69, 9.17) is 0 Å². The molecule has 0 spiro atoms. The quantitative estimate of drug-likeness (QED) is 0.677. The Kier molecular flexibility index (Phi) is 4.39. The van der Waals surface area contributed by atoms with Crippen LogP contribution in [0, 0.1) is 3.57 Å². The molecule has 0 aliphatic heterocycles. The fraction of sp³-hybridized carbons (Fsp3) is 0.333. The molecule has 88 valence electrons. The number of ether oxygens (including phenoxy) is 1. The van der Waals surface area contributed by atoms with Crippen LogP contribution in [0.2, 0.25) is 0 Å². The molecule has 1 aromatic heterocycles. The number of halogens is 3. The van der Waals surface area contributed by atoms with Crippen molar-refractivity contribution in [3.63, 3.8) is 0 Å². The molecule has 0 radical (unpaired) electrons. The molecule has 0 unspecified atom stereocenters. The summed E-state index contributed by atoms with van der Waals surface area (Å²) >= 11 is 1.53. The minimum atomic E-state index is -2.75. The second-order valence-electron chi connectivity index (χ2n) is 2.75. The number of esters is 1. The van der Waals surface area contributed by atoms with Gasteiger partial charge in [-0.15, -0.1) is 0 Å². The van der Waals surface area contributed by atoms with E-state index in [2.05, 4.69) is 9.72 Å². The van der Waals surface area contributed by atoms with Crippen LogP contribution in [-0.2, 0) is 4.74 Å². The first-order chi connectivity index (χ1) is 7.49. The molecule has 1 aromatic rings. The summed E-state index contributed by atoms with van der Waals surface area (Å²) < 4.78 is 29.4. The van der Waals surface area contributed by atoms with E-state index in [-0.39, 0.29) is 15.9 Å². The molecular weight excluding hydrogens is 335 g/mol. The zero-order chi connectivity index (χ0) is 12.3. The van der Waals surface area contributed by atoms with Crippen molar-refractivity contribution in [3.05, 3.63) is 21.0 Å². The van der Waals surface area contributed by atoms with Gasteiger partial charge in [-0.25, -0.2) is 18.6 Å². The number of nitrogens with zero attached hydrogens (tertiary/aromatic N) is 1. The van der Waals surface area contributed by atoms with Gasteiger partial charge in [0, 0.05) is 6.20 Å². The number of carbonyl (C=O) groups excluding carboxylic acids is 1. The number of aromatic nitrogens is 1. The molecule has 0 fully saturated rings. The lowest BCUT2D eigenvalue weighted by atomic mass is 10.2. The predicted molar refractivity (Wildman–Crippen MR) is 59.5 cm³/mol. The van der Waals surface area contributed by atoms with Crippen molar-refractivity contribution in [2.24, 2.45) is 0 Å². The summed E-state index contributed by atoms with van der Waals surface area (Å²) in [5.41, 5.74) is -0.762. The van der Waals surface area contributed by atoms with Crippen LogP contribution < -0.4 is 0 Å². The third kappa shape index (κ3) is 2.57. The van der Waals surface area contributed by atoms with Gasteiger partial charge in [0.2, 0.25) is 0 Å². The van der Waals surface area contributed by atoms with E-state index in [1.165, 1.54) is 22.6 Å². The van der Waals surface area contributed by atoms with Crippen LogP contribution >= 0.6 is 22.6 Å². The minimum Gasteiger partial charge on any atom is -0.504 e. The van der Waals surface area contributed by atoms with Crippen molar-refractivity contribution in [2.45, 2.75) is 13.3 Å². The molecule has 0 saturated carbocycles. The highest BCUT2D eigenvalue weighted by Gasteiger charge is 2.22. The van der Waals surface area contributed by atoms with Gasteiger partial charge in [0.25, 0.3) is 6.43 Å². The largest absolute Gasteiger partial charge is 0.504 e. The first-order valence-electron chi connectivity index (χ1n) is 4.31. The van der Waals surface area contributed by atoms with Gasteiger partial charge < -0.3 is 9.84 Å². The maximum atomic E-state index is 12.4. The number of alkyl halides is 2. The van der Waals surface area contributed by atoms with Crippen LogP contribution in [0.5, 0.6) is 5.75 Å². The van der Waals surface area contributed by atoms with Gasteiger partial charge in [-0.05, 0) is 29.5 Å². The molecule has 0 amide bonds. The van der Waals surface area contributed by atoms with E-state index in [9.17, 15) is 18.7 Å². The van der Waals surface area contributed by atoms with Crippen molar-refractivity contribution in [3.8, 4) is 5.75 Å². The minimum absolute atomic E-state index is 0.0920. The second kappa shape index (κ2) is 5.37. The average molecular weight is 343 g/mol. The Hall–Kier alpha value is -0.990. The summed E-state index contributed by atoms with van der Waals surface area (Å²) in [6.07, 6.45) is -1.89. The Balaban J connectivity index is 3.16. The van der Waals surface area contributed by atoms with Crippen LogP contribution in [0.1, 0.15) is 29.4 Å². The maximum Gasteiger partial charge on any atom is 0.360 e. The van der Waals surface area contributed by atoms with Gasteiger partial charge in [0.05, 0.1) is 15.7 Å². The zero-order valence-electron chi connectivity index (χ0n) is 8.21. The molecule has 0 aromatic carbocycles. The first-order valence-corrected chi connectivity index (χ1v) is 5.39. The Morgan fingerprint density at radius 1 is 1.69 bits per heavy atom. The standard InChI is InChI=1S/C9H8F2INO3/c1-2-16-9(15)6-7(14)5(12)4(3-13-6)8(10)11/h3,8,14H,2H2,1H3. The summed E-state index contributed by atoms with van der Waals surface area (Å²) in [6, 6.07) is 0. The summed E-state index contributed by atoms with van der Waals surface area (Å²) in [5, 5.41) is 9.52. The third-order valence-electron chi connectivity index (χ3n) is 1.72. The number of carbonyl (C=O) groups is 1. The molecule has 1 heterocycles. The van der Waals surface area contributed by atoms with Crippen LogP contribution in [0.3, 0.4) is 0 Å². The van der Waals surface area contributed by atoms with E-state index in [0.29, 0.717) is 0 Å². The molecule has 0 aliphatic carbocycles. The topological polar surface area (TPSA) is 59.4 Å². The van der Waals surface area contributed by atoms with Crippen molar-refractivity contribution in [1.29, 1.82) is 0 Å². The molecular formula is C9H8F2INO3. The first kappa shape index (κ1) is 13.1. The molecule has 1 N–H and O–H groups in total. The zero-order valence-corrected chi connectivity index (χ0v) is 10.4. The lowest BCUT2D eigenvalue weighted by Crippen LogP contribution is -2.09. The second-order valence-corrected chi connectivity index (χ2v) is 3.82. The van der Waals surface area contributed by atoms with E-state index in [1.54, 1.807) is 6.92 Å². The van der Waals surface area contributed by atoms with E-state index in [1.807, 2.05) is 0 Å². The monoisotopic (exact) mass is 343 g/mol. The lowest BCUT2D eigenvalue weighted by Gasteiger charge is -2.08. The number of rotatable bonds is 3. The Bertz CT molecular complexity index is 412. The molecule has 1 rings (SSSR count). The normalized spacial score (nSPS) is 10.6. The van der Waals surface area contributed by atoms with Crippen LogP contribution in [0.4, 0.5) is 8.78 Å². The van der Waals surface area contributed by atoms with Gasteiger partial charge in [-0.1, -0.05) is 0 Å². The smallest absolute Gasteiger partial charge is 0.360 e. The summed E-state index contributed by atoms with van der Waals surface area (Å²) in [4.78, 5) is 14.7. The number of hydrogen-bond acceptors (Lipinski definition) is 4. The fourth-order valence-electron chi connectivity index (χ4n) is 0.994. The maximum absolute atomic E-state index is 12.4. The molecule has 0 aliphatic rings. The molecule has 0 atom stereocenters. The van der Waals surface area contributed by atoms with Crippen LogP contribution in [-0.4, -0.2) is 22.7 Å². The lowest BCUT2D eigenvalue weighted by molar-refractivity contribution is 0.0515. The molecule has 0 saturated heterocycles. The SMILES string of the molecule is CCOC(=O)c1ncc(C(F)F)c(I)c1O. The van der Waals surface area contributed by atoms with Crippen molar-refractivity contribution >= 4 is 28.6 Å². The van der Waals surface area contributed by atoms with Gasteiger partial charge in [-0.2, -0.15) is 0 Å². The predicted octanol–water partition coefficient (Wildman–Crippen LogP) is 2.51. The van der Waals surface area contributed by atoms with Crippen LogP contribution in [0.25, 0.3) is 0 Å². The Labute approximate surface area is 104 Å². The number of aromatic hydroxyl groups is 1. The van der Waals surface area contributed by atoms with Crippen molar-refractivity contribution in [1.82, 2.24) is 4.98 Å². The molecule has 0 bridgehead atoms. The van der Waals surface area contributed by atoms with Crippen molar-refractivity contribution < 1.29 is 23.4 Å². The van der Waals surface area contributed by atoms with Gasteiger partial charge in [-0.3, -0.25) is 0 Å². The Morgan fingerprint density at radius 3 is 2.81 bits per heavy atom. The Morgan fingerprint density at radius 2 is 2.31 bits per heavy atom. The third-order valence-corrected chi connectivity index (χ3v) is 2.86. The molecule has 4 nitrogen and oxygen atoms in total. The molecule has 7 heteroatoms. The highest BCUT2D eigenvalue weighted by atomic mass is 127. The van der Waals surface area contributed by atoms with E-state index >= 15 is 0 Å². The number of hydrogen-bond donors (Lipinski definition) is 1. The number of pyridine rings is 1. The molecule has 16 heavy (non-hydrogen) atoms. The van der Waals surface area contributed by atoms with Gasteiger partial charge >= 0.3 is 5.97 Å². The van der Waals surface area contributed by atoms with E-state index in [0.717, 1.165) is 6.20 Å². The van der Waals surface area contributed by atoms with E-state index < -0.39 is 23.7 Å². The van der Waals surface area contributed by atoms with Gasteiger partial charge in [0.1, 0.15) is 0 Å². The summed E-state index contributed by atoms with van der Waals surface area (Å²) in [6.45, 7) is 1.71. The van der Waals surface area contributed by atoms with Gasteiger partial charge in [0.15, 0.2) is 11.4 Å². The summed E-state index contributed by atoms with van der Waals surface area (Å²) in [7, 11) is 0.